The van der Waals surface area contributed by atoms with Gasteiger partial charge in [0.2, 0.25) is 0 Å². The Balaban J connectivity index is 1.80. The van der Waals surface area contributed by atoms with Crippen molar-refractivity contribution in [2.45, 2.75) is 32.2 Å². The van der Waals surface area contributed by atoms with Crippen LogP contribution in [-0.4, -0.2) is 20.9 Å². The van der Waals surface area contributed by atoms with Gasteiger partial charge in [0.05, 0.1) is 17.2 Å². The molecule has 0 bridgehead atoms. The number of ether oxygens (including phenoxy) is 1. The van der Waals surface area contributed by atoms with Gasteiger partial charge in [-0.05, 0) is 56.2 Å². The van der Waals surface area contributed by atoms with Gasteiger partial charge in [-0.3, -0.25) is 9.52 Å². The Bertz CT molecular complexity index is 1190. The first-order valence-electron chi connectivity index (χ1n) is 10.00. The van der Waals surface area contributed by atoms with E-state index in [2.05, 4.69) is 10.0 Å². The van der Waals surface area contributed by atoms with Gasteiger partial charge in [-0.25, -0.2) is 8.42 Å². The number of anilines is 1. The number of hydrogen-bond acceptors (Lipinski definition) is 4. The van der Waals surface area contributed by atoms with Gasteiger partial charge < -0.3 is 10.1 Å². The molecule has 0 aliphatic rings. The first kappa shape index (κ1) is 22.4. The molecule has 0 heterocycles. The summed E-state index contributed by atoms with van der Waals surface area (Å²) in [5.74, 6) is 0.346. The fourth-order valence-electron chi connectivity index (χ4n) is 3.14. The number of hydrogen-bond donors (Lipinski definition) is 2. The predicted octanol–water partition coefficient (Wildman–Crippen LogP) is 4.43. The quantitative estimate of drug-likeness (QED) is 0.545. The van der Waals surface area contributed by atoms with Crippen molar-refractivity contribution in [1.82, 2.24) is 5.32 Å². The van der Waals surface area contributed by atoms with E-state index in [1.807, 2.05) is 50.2 Å². The molecule has 0 saturated carbocycles. The highest BCUT2D eigenvalue weighted by Gasteiger charge is 2.20. The lowest BCUT2D eigenvalue weighted by atomic mass is 10.1. The molecule has 1 amide bonds. The number of rotatable bonds is 8. The van der Waals surface area contributed by atoms with Crippen molar-refractivity contribution < 1.29 is 17.9 Å². The van der Waals surface area contributed by atoms with Gasteiger partial charge in [0.25, 0.3) is 15.9 Å². The van der Waals surface area contributed by atoms with E-state index in [1.54, 1.807) is 31.2 Å². The van der Waals surface area contributed by atoms with Gasteiger partial charge in [-0.2, -0.15) is 0 Å². The van der Waals surface area contributed by atoms with Crippen molar-refractivity contribution in [2.24, 2.45) is 0 Å². The number of carbonyl (C=O) groups is 1. The summed E-state index contributed by atoms with van der Waals surface area (Å²) in [6.07, 6.45) is 0. The van der Waals surface area contributed by atoms with Crippen LogP contribution in [0.1, 0.15) is 34.0 Å². The molecule has 3 aromatic carbocycles. The molecule has 0 fully saturated rings. The highest BCUT2D eigenvalue weighted by molar-refractivity contribution is 7.92. The lowest BCUT2D eigenvalue weighted by Gasteiger charge is -2.14. The summed E-state index contributed by atoms with van der Waals surface area (Å²) in [4.78, 5) is 12.8. The molecule has 3 aromatic rings. The SMILES string of the molecule is CCOc1ccccc1CNC(=O)c1ccc(C)c(S(=O)(=O)Nc2ccccc2C)c1. The molecular weight excluding hydrogens is 412 g/mol. The second-order valence-corrected chi connectivity index (χ2v) is 8.77. The Morgan fingerprint density at radius 2 is 1.65 bits per heavy atom. The molecule has 3 rings (SSSR count). The molecular formula is C24H26N2O4S. The van der Waals surface area contributed by atoms with Crippen LogP contribution in [-0.2, 0) is 16.6 Å². The smallest absolute Gasteiger partial charge is 0.262 e. The number of carbonyl (C=O) groups excluding carboxylic acids is 1. The van der Waals surface area contributed by atoms with E-state index in [1.165, 1.54) is 6.07 Å². The Labute approximate surface area is 183 Å². The number of benzene rings is 3. The Morgan fingerprint density at radius 1 is 0.935 bits per heavy atom. The Hall–Kier alpha value is -3.32. The minimum atomic E-state index is -3.85. The minimum absolute atomic E-state index is 0.0677. The second kappa shape index (κ2) is 9.66. The monoisotopic (exact) mass is 438 g/mol. The van der Waals surface area contributed by atoms with E-state index in [-0.39, 0.29) is 22.9 Å². The molecule has 0 aromatic heterocycles. The fourth-order valence-corrected chi connectivity index (χ4v) is 4.54. The maximum Gasteiger partial charge on any atom is 0.262 e. The first-order valence-corrected chi connectivity index (χ1v) is 11.5. The van der Waals surface area contributed by atoms with Gasteiger partial charge in [-0.1, -0.05) is 42.5 Å². The molecule has 162 valence electrons. The lowest BCUT2D eigenvalue weighted by Crippen LogP contribution is -2.24. The molecule has 7 heteroatoms. The second-order valence-electron chi connectivity index (χ2n) is 7.12. The van der Waals surface area contributed by atoms with Crippen molar-refractivity contribution >= 4 is 21.6 Å². The van der Waals surface area contributed by atoms with Gasteiger partial charge in [0, 0.05) is 17.7 Å². The molecule has 0 saturated heterocycles. The van der Waals surface area contributed by atoms with Gasteiger partial charge >= 0.3 is 0 Å². The van der Waals surface area contributed by atoms with Crippen molar-refractivity contribution in [1.29, 1.82) is 0 Å². The van der Waals surface area contributed by atoms with Crippen LogP contribution >= 0.6 is 0 Å². The highest BCUT2D eigenvalue weighted by Crippen LogP contribution is 2.23. The molecule has 0 atom stereocenters. The summed E-state index contributed by atoms with van der Waals surface area (Å²) in [5, 5.41) is 2.84. The summed E-state index contributed by atoms with van der Waals surface area (Å²) < 4.78 is 34.2. The van der Waals surface area contributed by atoms with Gasteiger partial charge in [0.15, 0.2) is 0 Å². The third kappa shape index (κ3) is 5.44. The average molecular weight is 439 g/mol. The maximum absolute atomic E-state index is 13.0. The summed E-state index contributed by atoms with van der Waals surface area (Å²) in [5.41, 5.74) is 2.98. The number of sulfonamides is 1. The summed E-state index contributed by atoms with van der Waals surface area (Å²) in [7, 11) is -3.85. The number of nitrogens with one attached hydrogen (secondary N) is 2. The normalized spacial score (nSPS) is 11.1. The molecule has 0 aliphatic carbocycles. The first-order chi connectivity index (χ1) is 14.8. The predicted molar refractivity (Wildman–Crippen MR) is 122 cm³/mol. The number of amides is 1. The third-order valence-electron chi connectivity index (χ3n) is 4.84. The lowest BCUT2D eigenvalue weighted by molar-refractivity contribution is 0.0950. The zero-order valence-corrected chi connectivity index (χ0v) is 18.6. The van der Waals surface area contributed by atoms with Crippen molar-refractivity contribution in [3.63, 3.8) is 0 Å². The molecule has 6 nitrogen and oxygen atoms in total. The molecule has 2 N–H and O–H groups in total. The molecule has 0 unspecified atom stereocenters. The van der Waals surface area contributed by atoms with Crippen molar-refractivity contribution in [3.05, 3.63) is 89.0 Å². The van der Waals surface area contributed by atoms with E-state index in [0.29, 0.717) is 23.6 Å². The molecule has 0 spiro atoms. The van der Waals surface area contributed by atoms with Crippen LogP contribution in [0.2, 0.25) is 0 Å². The van der Waals surface area contributed by atoms with Crippen LogP contribution < -0.4 is 14.8 Å². The van der Waals surface area contributed by atoms with Gasteiger partial charge in [-0.15, -0.1) is 0 Å². The van der Waals surface area contributed by atoms with Crippen molar-refractivity contribution in [3.8, 4) is 5.75 Å². The van der Waals surface area contributed by atoms with Crippen LogP contribution in [0.3, 0.4) is 0 Å². The van der Waals surface area contributed by atoms with E-state index in [4.69, 9.17) is 4.74 Å². The van der Waals surface area contributed by atoms with Crippen LogP contribution in [0.25, 0.3) is 0 Å². The minimum Gasteiger partial charge on any atom is -0.494 e. The van der Waals surface area contributed by atoms with Crippen LogP contribution in [0.4, 0.5) is 5.69 Å². The standard InChI is InChI=1S/C24H26N2O4S/c1-4-30-22-12-8-6-10-20(22)16-25-24(27)19-14-13-18(3)23(15-19)31(28,29)26-21-11-7-5-9-17(21)2/h5-15,26H,4,16H2,1-3H3,(H,25,27). The van der Waals surface area contributed by atoms with Crippen LogP contribution in [0, 0.1) is 13.8 Å². The van der Waals surface area contributed by atoms with Crippen molar-refractivity contribution in [2.75, 3.05) is 11.3 Å². The summed E-state index contributed by atoms with van der Waals surface area (Å²) in [6, 6.07) is 19.3. The van der Waals surface area contributed by atoms with E-state index in [0.717, 1.165) is 11.1 Å². The van der Waals surface area contributed by atoms with E-state index < -0.39 is 10.0 Å². The molecule has 31 heavy (non-hydrogen) atoms. The number of aryl methyl sites for hydroxylation is 2. The molecule has 0 aliphatic heterocycles. The third-order valence-corrected chi connectivity index (χ3v) is 6.35. The Morgan fingerprint density at radius 3 is 2.39 bits per heavy atom. The summed E-state index contributed by atoms with van der Waals surface area (Å²) >= 11 is 0. The van der Waals surface area contributed by atoms with E-state index >= 15 is 0 Å². The number of para-hydroxylation sites is 2. The summed E-state index contributed by atoms with van der Waals surface area (Å²) in [6.45, 7) is 6.22. The maximum atomic E-state index is 13.0. The van der Waals surface area contributed by atoms with E-state index in [9.17, 15) is 13.2 Å². The van der Waals surface area contributed by atoms with Crippen LogP contribution in [0.15, 0.2) is 71.6 Å². The topological polar surface area (TPSA) is 84.5 Å². The van der Waals surface area contributed by atoms with Crippen LogP contribution in [0.5, 0.6) is 5.75 Å². The zero-order valence-electron chi connectivity index (χ0n) is 17.8. The fraction of sp³-hybridized carbons (Fsp3) is 0.208. The molecule has 0 radical (unpaired) electrons. The Kier molecular flexibility index (Phi) is 6.97. The largest absolute Gasteiger partial charge is 0.494 e. The average Bonchev–Trinajstić information content (AvgIpc) is 2.75. The highest BCUT2D eigenvalue weighted by atomic mass is 32.2. The van der Waals surface area contributed by atoms with Gasteiger partial charge in [0.1, 0.15) is 5.75 Å². The zero-order chi connectivity index (χ0) is 22.4.